The van der Waals surface area contributed by atoms with Crippen LogP contribution in [-0.2, 0) is 19.4 Å². The van der Waals surface area contributed by atoms with Crippen molar-refractivity contribution in [1.82, 2.24) is 4.90 Å². The first-order valence-electron chi connectivity index (χ1n) is 8.41. The van der Waals surface area contributed by atoms with E-state index in [4.69, 9.17) is 4.74 Å². The van der Waals surface area contributed by atoms with Crippen LogP contribution in [0.4, 0.5) is 11.4 Å². The molecule has 2 aliphatic rings. The van der Waals surface area contributed by atoms with Crippen LogP contribution in [0, 0.1) is 10.1 Å². The highest BCUT2D eigenvalue weighted by molar-refractivity contribution is 7.90. The fraction of sp³-hybridized carbons (Fsp3) is 0.562. The smallest absolute Gasteiger partial charge is 0.293 e. The monoisotopic (exact) mass is 383 g/mol. The second kappa shape index (κ2) is 7.20. The zero-order valence-corrected chi connectivity index (χ0v) is 15.3. The van der Waals surface area contributed by atoms with Gasteiger partial charge in [0.05, 0.1) is 9.82 Å². The minimum atomic E-state index is -3.53. The third kappa shape index (κ3) is 3.80. The van der Waals surface area contributed by atoms with Crippen LogP contribution >= 0.6 is 0 Å². The van der Waals surface area contributed by atoms with Crippen LogP contribution in [0.2, 0.25) is 0 Å². The molecule has 1 aromatic rings. The first-order valence-corrected chi connectivity index (χ1v) is 10.3. The Morgan fingerprint density at radius 2 is 1.96 bits per heavy atom. The number of carbonyl (C=O) groups is 1. The number of sulfone groups is 1. The molecule has 3 rings (SSSR count). The van der Waals surface area contributed by atoms with Gasteiger partial charge in [-0.3, -0.25) is 14.9 Å². The predicted molar refractivity (Wildman–Crippen MR) is 94.0 cm³/mol. The molecule has 1 aromatic carbocycles. The highest BCUT2D eigenvalue weighted by atomic mass is 32.2. The average molecular weight is 383 g/mol. The molecular weight excluding hydrogens is 362 g/mol. The summed E-state index contributed by atoms with van der Waals surface area (Å²) in [6, 6.07) is 3.93. The van der Waals surface area contributed by atoms with Crippen LogP contribution in [0.25, 0.3) is 0 Å². The van der Waals surface area contributed by atoms with Crippen LogP contribution in [-0.4, -0.2) is 69.3 Å². The molecule has 0 spiro atoms. The zero-order valence-electron chi connectivity index (χ0n) is 14.5. The highest BCUT2D eigenvalue weighted by Gasteiger charge is 2.32. The van der Waals surface area contributed by atoms with E-state index in [2.05, 4.69) is 0 Å². The topological polar surface area (TPSA) is 110 Å². The SMILES string of the molecule is CS(=O)(=O)c1ccc(N2CCN(C(=O)C3CCCO3)CC2)c([N+](=O)[O-])c1. The van der Waals surface area contributed by atoms with Gasteiger partial charge >= 0.3 is 0 Å². The number of piperazine rings is 1. The number of ether oxygens (including phenoxy) is 1. The lowest BCUT2D eigenvalue weighted by Gasteiger charge is -2.36. The number of carbonyl (C=O) groups excluding carboxylic acids is 1. The lowest BCUT2D eigenvalue weighted by molar-refractivity contribution is -0.384. The van der Waals surface area contributed by atoms with Crippen molar-refractivity contribution < 1.29 is 22.9 Å². The van der Waals surface area contributed by atoms with Crippen molar-refractivity contribution in [3.63, 3.8) is 0 Å². The second-order valence-electron chi connectivity index (χ2n) is 6.49. The summed E-state index contributed by atoms with van der Waals surface area (Å²) < 4.78 is 28.7. The zero-order chi connectivity index (χ0) is 18.9. The summed E-state index contributed by atoms with van der Waals surface area (Å²) in [6.07, 6.45) is 2.26. The maximum Gasteiger partial charge on any atom is 0.293 e. The van der Waals surface area contributed by atoms with E-state index in [0.717, 1.165) is 25.2 Å². The van der Waals surface area contributed by atoms with E-state index in [1.54, 1.807) is 4.90 Å². The summed E-state index contributed by atoms with van der Waals surface area (Å²) in [6.45, 7) is 2.39. The number of nitrogens with zero attached hydrogens (tertiary/aromatic N) is 3. The third-order valence-corrected chi connectivity index (χ3v) is 5.82. The Hall–Kier alpha value is -2.20. The molecule has 26 heavy (non-hydrogen) atoms. The van der Waals surface area contributed by atoms with Crippen molar-refractivity contribution in [1.29, 1.82) is 0 Å². The number of nitro groups is 1. The Labute approximate surface area is 151 Å². The van der Waals surface area contributed by atoms with Gasteiger partial charge in [0.1, 0.15) is 11.8 Å². The Bertz CT molecular complexity index is 811. The normalized spacial score (nSPS) is 21.0. The molecule has 0 bridgehead atoms. The number of hydrogen-bond donors (Lipinski definition) is 0. The largest absolute Gasteiger partial charge is 0.368 e. The van der Waals surface area contributed by atoms with Crippen LogP contribution < -0.4 is 4.90 Å². The van der Waals surface area contributed by atoms with Crippen molar-refractivity contribution in [2.24, 2.45) is 0 Å². The molecule has 0 saturated carbocycles. The van der Waals surface area contributed by atoms with Gasteiger partial charge < -0.3 is 14.5 Å². The highest BCUT2D eigenvalue weighted by Crippen LogP contribution is 2.31. The number of hydrogen-bond acceptors (Lipinski definition) is 7. The van der Waals surface area contributed by atoms with E-state index in [0.29, 0.717) is 38.5 Å². The summed E-state index contributed by atoms with van der Waals surface area (Å²) in [4.78, 5) is 26.7. The standard InChI is InChI=1S/C16H21N3O6S/c1-26(23,24)12-4-5-13(14(11-12)19(21)22)17-6-8-18(9-7-17)16(20)15-3-2-10-25-15/h4-5,11,15H,2-3,6-10H2,1H3. The summed E-state index contributed by atoms with van der Waals surface area (Å²) in [7, 11) is -3.53. The van der Waals surface area contributed by atoms with Crippen LogP contribution in [0.1, 0.15) is 12.8 Å². The minimum Gasteiger partial charge on any atom is -0.368 e. The molecule has 0 radical (unpaired) electrons. The maximum atomic E-state index is 12.4. The van der Waals surface area contributed by atoms with Gasteiger partial charge in [0.2, 0.25) is 0 Å². The Morgan fingerprint density at radius 1 is 1.27 bits per heavy atom. The number of nitro benzene ring substituents is 1. The first kappa shape index (κ1) is 18.6. The number of benzene rings is 1. The molecule has 2 heterocycles. The minimum absolute atomic E-state index is 0.0240. The molecule has 1 atom stereocenters. The molecule has 2 aliphatic heterocycles. The van der Waals surface area contributed by atoms with Crippen molar-refractivity contribution in [2.45, 2.75) is 23.8 Å². The summed E-state index contributed by atoms with van der Waals surface area (Å²) in [5.41, 5.74) is 0.124. The van der Waals surface area contributed by atoms with E-state index < -0.39 is 14.8 Å². The summed E-state index contributed by atoms with van der Waals surface area (Å²) in [5, 5.41) is 11.4. The molecule has 10 heteroatoms. The van der Waals surface area contributed by atoms with E-state index >= 15 is 0 Å². The van der Waals surface area contributed by atoms with Crippen molar-refractivity contribution in [3.05, 3.63) is 28.3 Å². The second-order valence-corrected chi connectivity index (χ2v) is 8.51. The van der Waals surface area contributed by atoms with Crippen molar-refractivity contribution >= 4 is 27.1 Å². The van der Waals surface area contributed by atoms with Gasteiger partial charge in [-0.05, 0) is 25.0 Å². The quantitative estimate of drug-likeness (QED) is 0.559. The van der Waals surface area contributed by atoms with E-state index in [1.807, 2.05) is 4.90 Å². The molecule has 1 unspecified atom stereocenters. The fourth-order valence-electron chi connectivity index (χ4n) is 3.29. The molecular formula is C16H21N3O6S. The molecule has 2 fully saturated rings. The molecule has 2 saturated heterocycles. The van der Waals surface area contributed by atoms with E-state index in [9.17, 15) is 23.3 Å². The molecule has 0 aliphatic carbocycles. The van der Waals surface area contributed by atoms with Gasteiger partial charge in [0, 0.05) is 45.1 Å². The molecule has 0 aromatic heterocycles. The van der Waals surface area contributed by atoms with Crippen LogP contribution in [0.15, 0.2) is 23.1 Å². The third-order valence-electron chi connectivity index (χ3n) is 4.71. The van der Waals surface area contributed by atoms with Crippen LogP contribution in [0.3, 0.4) is 0 Å². The van der Waals surface area contributed by atoms with Crippen molar-refractivity contribution in [2.75, 3.05) is 43.9 Å². The number of amides is 1. The summed E-state index contributed by atoms with van der Waals surface area (Å²) in [5.74, 6) is -0.0240. The number of anilines is 1. The Balaban J connectivity index is 1.74. The van der Waals surface area contributed by atoms with Gasteiger partial charge in [-0.15, -0.1) is 0 Å². The lowest BCUT2D eigenvalue weighted by Crippen LogP contribution is -2.51. The Kier molecular flexibility index (Phi) is 5.15. The average Bonchev–Trinajstić information content (AvgIpc) is 3.14. The number of rotatable bonds is 4. The van der Waals surface area contributed by atoms with Gasteiger partial charge in [0.15, 0.2) is 9.84 Å². The van der Waals surface area contributed by atoms with Crippen LogP contribution in [0.5, 0.6) is 0 Å². The first-order chi connectivity index (χ1) is 12.3. The fourth-order valence-corrected chi connectivity index (χ4v) is 3.93. The van der Waals surface area contributed by atoms with Crippen molar-refractivity contribution in [3.8, 4) is 0 Å². The Morgan fingerprint density at radius 3 is 2.50 bits per heavy atom. The molecule has 1 amide bonds. The van der Waals surface area contributed by atoms with E-state index in [-0.39, 0.29) is 22.6 Å². The van der Waals surface area contributed by atoms with Gasteiger partial charge in [-0.25, -0.2) is 8.42 Å². The van der Waals surface area contributed by atoms with E-state index in [1.165, 1.54) is 12.1 Å². The maximum absolute atomic E-state index is 12.4. The van der Waals surface area contributed by atoms with Gasteiger partial charge in [-0.2, -0.15) is 0 Å². The molecule has 0 N–H and O–H groups in total. The lowest BCUT2D eigenvalue weighted by atomic mass is 10.2. The molecule has 9 nitrogen and oxygen atoms in total. The molecule has 142 valence electrons. The summed E-state index contributed by atoms with van der Waals surface area (Å²) >= 11 is 0. The van der Waals surface area contributed by atoms with Gasteiger partial charge in [-0.1, -0.05) is 0 Å². The predicted octanol–water partition coefficient (Wildman–Crippen LogP) is 0.826. The van der Waals surface area contributed by atoms with Gasteiger partial charge in [0.25, 0.3) is 11.6 Å².